The predicted octanol–water partition coefficient (Wildman–Crippen LogP) is 5.72. The lowest BCUT2D eigenvalue weighted by Gasteiger charge is -2.24. The lowest BCUT2D eigenvalue weighted by Crippen LogP contribution is -2.39. The van der Waals surface area contributed by atoms with Gasteiger partial charge in [-0.1, -0.05) is 78.1 Å². The van der Waals surface area contributed by atoms with Crippen molar-refractivity contribution < 1.29 is 18.7 Å². The summed E-state index contributed by atoms with van der Waals surface area (Å²) in [5.41, 5.74) is 2.52. The van der Waals surface area contributed by atoms with Gasteiger partial charge >= 0.3 is 5.97 Å². The number of nitrogens with zero attached hydrogens (tertiary/aromatic N) is 2. The summed E-state index contributed by atoms with van der Waals surface area (Å²) in [5.74, 6) is -0.285. The summed E-state index contributed by atoms with van der Waals surface area (Å²) in [4.78, 5) is 33.6. The average Bonchev–Trinajstić information content (AvgIpc) is 3.65. The van der Waals surface area contributed by atoms with Crippen molar-refractivity contribution in [2.45, 2.75) is 19.6 Å². The maximum Gasteiger partial charge on any atom is 0.338 e. The highest BCUT2D eigenvalue weighted by molar-refractivity contribution is 7.10. The van der Waals surface area contributed by atoms with Crippen LogP contribution in [-0.2, 0) is 16.1 Å². The number of carbonyl (C=O) groups is 1. The zero-order valence-electron chi connectivity index (χ0n) is 22.5. The standard InChI is InChI=1S/C33H25FN2O4S2/c1-2-39-32(38)28-29(22-11-4-3-5-12-22)35-33-36(30(28)26-16-9-17-41-26)31(37)27(42-33)19-21-10-8-14-24(18-21)40-20-23-13-6-7-15-25(23)34/h3-19,30H,2,20H2,1H3/b27-19-/t30-/m1/s1. The molecule has 0 saturated heterocycles. The van der Waals surface area contributed by atoms with Crippen LogP contribution in [0.15, 0.2) is 112 Å². The van der Waals surface area contributed by atoms with Crippen molar-refractivity contribution >= 4 is 40.4 Å². The number of hydrogen-bond acceptors (Lipinski definition) is 7. The van der Waals surface area contributed by atoms with Gasteiger partial charge in [-0.2, -0.15) is 0 Å². The van der Waals surface area contributed by atoms with E-state index in [2.05, 4.69) is 0 Å². The summed E-state index contributed by atoms with van der Waals surface area (Å²) in [6.45, 7) is 2.03. The molecule has 0 radical (unpaired) electrons. The van der Waals surface area contributed by atoms with Gasteiger partial charge in [0.25, 0.3) is 5.56 Å². The Morgan fingerprint density at radius 1 is 1.02 bits per heavy atom. The Balaban J connectivity index is 1.45. The minimum Gasteiger partial charge on any atom is -0.489 e. The molecule has 0 fully saturated rings. The van der Waals surface area contributed by atoms with Crippen LogP contribution in [0.3, 0.4) is 0 Å². The number of hydrogen-bond donors (Lipinski definition) is 0. The molecular formula is C33H25FN2O4S2. The number of rotatable bonds is 8. The number of benzene rings is 3. The van der Waals surface area contributed by atoms with Crippen LogP contribution in [0.2, 0.25) is 0 Å². The highest BCUT2D eigenvalue weighted by Gasteiger charge is 2.35. The van der Waals surface area contributed by atoms with Crippen molar-refractivity contribution in [3.05, 3.63) is 149 Å². The van der Waals surface area contributed by atoms with Crippen molar-refractivity contribution in [3.63, 3.8) is 0 Å². The SMILES string of the molecule is CCOC(=O)C1=C(c2ccccc2)N=c2s/c(=C\c3cccc(OCc4ccccc4F)c3)c(=O)n2[C@@H]1c1cccs1. The van der Waals surface area contributed by atoms with E-state index in [1.54, 1.807) is 47.9 Å². The van der Waals surface area contributed by atoms with Crippen LogP contribution < -0.4 is 19.6 Å². The van der Waals surface area contributed by atoms with Crippen molar-refractivity contribution in [2.24, 2.45) is 4.99 Å². The first kappa shape index (κ1) is 27.6. The topological polar surface area (TPSA) is 69.9 Å². The van der Waals surface area contributed by atoms with Gasteiger partial charge in [-0.05, 0) is 48.2 Å². The highest BCUT2D eigenvalue weighted by Crippen LogP contribution is 2.36. The van der Waals surface area contributed by atoms with Crippen LogP contribution in [0.1, 0.15) is 34.5 Å². The maximum atomic E-state index is 14.0. The third-order valence-electron chi connectivity index (χ3n) is 6.69. The molecule has 1 aliphatic rings. The van der Waals surface area contributed by atoms with Gasteiger partial charge in [0.05, 0.1) is 22.4 Å². The van der Waals surface area contributed by atoms with Gasteiger partial charge in [-0.25, -0.2) is 14.2 Å². The Hall–Kier alpha value is -4.60. The van der Waals surface area contributed by atoms with E-state index < -0.39 is 12.0 Å². The molecule has 1 atom stereocenters. The van der Waals surface area contributed by atoms with Crippen LogP contribution in [0, 0.1) is 5.82 Å². The number of thiazole rings is 1. The van der Waals surface area contributed by atoms with E-state index in [0.717, 1.165) is 16.0 Å². The maximum absolute atomic E-state index is 14.0. The lowest BCUT2D eigenvalue weighted by atomic mass is 9.97. The summed E-state index contributed by atoms with van der Waals surface area (Å²) < 4.78 is 27.4. The first-order valence-corrected chi connectivity index (χ1v) is 15.0. The largest absolute Gasteiger partial charge is 0.489 e. The molecule has 0 spiro atoms. The molecule has 0 amide bonds. The van der Waals surface area contributed by atoms with Crippen LogP contribution in [0.4, 0.5) is 4.39 Å². The second kappa shape index (κ2) is 12.1. The zero-order chi connectivity index (χ0) is 29.1. The molecule has 0 aliphatic carbocycles. The third-order valence-corrected chi connectivity index (χ3v) is 8.60. The van der Waals surface area contributed by atoms with Crippen molar-refractivity contribution in [2.75, 3.05) is 6.61 Å². The monoisotopic (exact) mass is 596 g/mol. The second-order valence-corrected chi connectivity index (χ2v) is 11.4. The molecule has 0 saturated carbocycles. The van der Waals surface area contributed by atoms with Crippen LogP contribution in [-0.4, -0.2) is 17.1 Å². The van der Waals surface area contributed by atoms with E-state index in [1.807, 2.05) is 60.0 Å². The molecule has 3 heterocycles. The highest BCUT2D eigenvalue weighted by atomic mass is 32.1. The Morgan fingerprint density at radius 3 is 2.60 bits per heavy atom. The number of thiophene rings is 1. The van der Waals surface area contributed by atoms with E-state index >= 15 is 0 Å². The average molecular weight is 597 g/mol. The van der Waals surface area contributed by atoms with Gasteiger partial charge in [-0.15, -0.1) is 11.3 Å². The third kappa shape index (κ3) is 5.48. The minimum absolute atomic E-state index is 0.0814. The van der Waals surface area contributed by atoms with Crippen molar-refractivity contribution in [1.29, 1.82) is 0 Å². The van der Waals surface area contributed by atoms with Crippen molar-refractivity contribution in [1.82, 2.24) is 4.57 Å². The summed E-state index contributed by atoms with van der Waals surface area (Å²) >= 11 is 2.72. The smallest absolute Gasteiger partial charge is 0.338 e. The van der Waals surface area contributed by atoms with E-state index in [1.165, 1.54) is 28.7 Å². The summed E-state index contributed by atoms with van der Waals surface area (Å²) in [6, 6.07) is 26.3. The number of esters is 1. The van der Waals surface area contributed by atoms with Gasteiger partial charge in [-0.3, -0.25) is 9.36 Å². The molecule has 2 aromatic heterocycles. The van der Waals surface area contributed by atoms with Crippen LogP contribution in [0.5, 0.6) is 5.75 Å². The Morgan fingerprint density at radius 2 is 1.83 bits per heavy atom. The summed E-state index contributed by atoms with van der Waals surface area (Å²) in [7, 11) is 0. The van der Waals surface area contributed by atoms with Gasteiger partial charge in [0, 0.05) is 16.0 Å². The molecule has 9 heteroatoms. The fraction of sp³-hybridized carbons (Fsp3) is 0.121. The molecule has 0 N–H and O–H groups in total. The molecule has 5 aromatic rings. The fourth-order valence-corrected chi connectivity index (χ4v) is 6.60. The van der Waals surface area contributed by atoms with Crippen LogP contribution in [0.25, 0.3) is 11.8 Å². The van der Waals surface area contributed by atoms with Gasteiger partial charge in [0.15, 0.2) is 4.80 Å². The number of halogens is 1. The molecule has 6 rings (SSSR count). The van der Waals surface area contributed by atoms with E-state index in [4.69, 9.17) is 14.5 Å². The van der Waals surface area contributed by atoms with Gasteiger partial charge in [0.2, 0.25) is 0 Å². The first-order chi connectivity index (χ1) is 20.5. The molecule has 0 unspecified atom stereocenters. The second-order valence-electron chi connectivity index (χ2n) is 9.40. The predicted molar refractivity (Wildman–Crippen MR) is 163 cm³/mol. The van der Waals surface area contributed by atoms with Crippen molar-refractivity contribution in [3.8, 4) is 5.75 Å². The first-order valence-electron chi connectivity index (χ1n) is 13.3. The molecule has 3 aromatic carbocycles. The Bertz CT molecular complexity index is 1960. The Kier molecular flexibility index (Phi) is 7.94. The lowest BCUT2D eigenvalue weighted by molar-refractivity contribution is -0.138. The summed E-state index contributed by atoms with van der Waals surface area (Å²) in [5, 5.41) is 1.92. The zero-order valence-corrected chi connectivity index (χ0v) is 24.2. The molecule has 210 valence electrons. The quantitative estimate of drug-likeness (QED) is 0.215. The van der Waals surface area contributed by atoms with Gasteiger partial charge in [0.1, 0.15) is 24.2 Å². The number of fused-ring (bicyclic) bond motifs is 1. The summed E-state index contributed by atoms with van der Waals surface area (Å²) in [6.07, 6.45) is 1.78. The molecule has 42 heavy (non-hydrogen) atoms. The van der Waals surface area contributed by atoms with E-state index in [9.17, 15) is 14.0 Å². The number of carbonyl (C=O) groups excluding carboxylic acids is 1. The fourth-order valence-electron chi connectivity index (χ4n) is 4.78. The van der Waals surface area contributed by atoms with E-state index in [0.29, 0.717) is 31.9 Å². The number of aromatic nitrogens is 1. The molecule has 1 aliphatic heterocycles. The molecular weight excluding hydrogens is 572 g/mol. The van der Waals surface area contributed by atoms with E-state index in [-0.39, 0.29) is 24.6 Å². The minimum atomic E-state index is -0.687. The van der Waals surface area contributed by atoms with Gasteiger partial charge < -0.3 is 9.47 Å². The molecule has 0 bridgehead atoms. The molecule has 6 nitrogen and oxygen atoms in total. The van der Waals surface area contributed by atoms with Crippen LogP contribution >= 0.6 is 22.7 Å². The Labute approximate surface area is 249 Å². The normalized spacial score (nSPS) is 14.8. The number of ether oxygens (including phenoxy) is 2.